The van der Waals surface area contributed by atoms with E-state index in [1.165, 1.54) is 12.4 Å². The first kappa shape index (κ1) is 19.0. The summed E-state index contributed by atoms with van der Waals surface area (Å²) >= 11 is 3.41. The van der Waals surface area contributed by atoms with E-state index in [9.17, 15) is 13.6 Å². The molecule has 26 heavy (non-hydrogen) atoms. The van der Waals surface area contributed by atoms with Crippen molar-refractivity contribution in [1.29, 1.82) is 0 Å². The number of carbonyl (C=O) groups excluding carboxylic acids is 1. The number of hydrogen-bond donors (Lipinski definition) is 1. The molecule has 0 aliphatic carbocycles. The number of carbonyl (C=O) groups is 1. The van der Waals surface area contributed by atoms with Crippen LogP contribution in [0.3, 0.4) is 0 Å². The molecule has 1 aliphatic heterocycles. The molecule has 1 saturated heterocycles. The molecule has 2 aromatic rings. The monoisotopic (exact) mass is 427 g/mol. The zero-order valence-corrected chi connectivity index (χ0v) is 15.7. The Kier molecular flexibility index (Phi) is 6.03. The molecule has 1 aromatic carbocycles. The van der Waals surface area contributed by atoms with Crippen LogP contribution in [-0.2, 0) is 21.4 Å². The van der Waals surface area contributed by atoms with Gasteiger partial charge >= 0.3 is 6.55 Å². The van der Waals surface area contributed by atoms with Crippen molar-refractivity contribution in [2.24, 2.45) is 0 Å². The molecule has 5 nitrogen and oxygen atoms in total. The molecular formula is C18H20BrF2N3O2. The van der Waals surface area contributed by atoms with Gasteiger partial charge in [0.1, 0.15) is 5.82 Å². The highest BCUT2D eigenvalue weighted by atomic mass is 79.9. The molecule has 0 saturated carbocycles. The first-order valence-electron chi connectivity index (χ1n) is 8.45. The van der Waals surface area contributed by atoms with Gasteiger partial charge in [0.05, 0.1) is 5.41 Å². The van der Waals surface area contributed by atoms with E-state index in [0.717, 1.165) is 14.6 Å². The van der Waals surface area contributed by atoms with E-state index in [2.05, 4.69) is 26.2 Å². The fraction of sp³-hybridized carbons (Fsp3) is 0.444. The van der Waals surface area contributed by atoms with E-state index in [1.807, 2.05) is 24.3 Å². The standard InChI is InChI=1S/C18H20BrF2N3O2/c19-14-3-1-13(2-4-14)18(6-11-26-12-7-18)16(25)23-8-5-15-22-9-10-24(15)17(20)21/h1-4,9-10,17H,5-8,11-12H2,(H,23,25). The van der Waals surface area contributed by atoms with Crippen molar-refractivity contribution in [1.82, 2.24) is 14.9 Å². The van der Waals surface area contributed by atoms with E-state index in [0.29, 0.717) is 26.1 Å². The van der Waals surface area contributed by atoms with Gasteiger partial charge in [0, 0.05) is 43.0 Å². The fourth-order valence-corrected chi connectivity index (χ4v) is 3.57. The Morgan fingerprint density at radius 1 is 1.31 bits per heavy atom. The highest BCUT2D eigenvalue weighted by molar-refractivity contribution is 9.10. The SMILES string of the molecule is O=C(NCCc1nccn1C(F)F)C1(c2ccc(Br)cc2)CCOCC1. The molecule has 2 heterocycles. The molecule has 1 fully saturated rings. The Bertz CT molecular complexity index is 743. The van der Waals surface area contributed by atoms with Crippen LogP contribution in [0, 0.1) is 0 Å². The molecular weight excluding hydrogens is 408 g/mol. The second-order valence-electron chi connectivity index (χ2n) is 6.24. The van der Waals surface area contributed by atoms with Crippen LogP contribution < -0.4 is 5.32 Å². The number of imidazole rings is 1. The van der Waals surface area contributed by atoms with E-state index in [1.54, 1.807) is 0 Å². The van der Waals surface area contributed by atoms with Gasteiger partial charge in [-0.2, -0.15) is 8.78 Å². The minimum Gasteiger partial charge on any atom is -0.381 e. The number of hydrogen-bond acceptors (Lipinski definition) is 3. The van der Waals surface area contributed by atoms with E-state index in [-0.39, 0.29) is 24.7 Å². The largest absolute Gasteiger partial charge is 0.381 e. The molecule has 1 aromatic heterocycles. The van der Waals surface area contributed by atoms with Crippen molar-refractivity contribution < 1.29 is 18.3 Å². The maximum absolute atomic E-state index is 13.0. The van der Waals surface area contributed by atoms with Gasteiger partial charge in [-0.3, -0.25) is 9.36 Å². The van der Waals surface area contributed by atoms with Gasteiger partial charge in [-0.15, -0.1) is 0 Å². The molecule has 1 aliphatic rings. The first-order chi connectivity index (χ1) is 12.5. The number of ether oxygens (including phenoxy) is 1. The van der Waals surface area contributed by atoms with Gasteiger partial charge < -0.3 is 10.1 Å². The zero-order chi connectivity index (χ0) is 18.6. The lowest BCUT2D eigenvalue weighted by atomic mass is 9.73. The van der Waals surface area contributed by atoms with Gasteiger partial charge in [-0.05, 0) is 30.5 Å². The van der Waals surface area contributed by atoms with Gasteiger partial charge in [0.2, 0.25) is 5.91 Å². The minimum absolute atomic E-state index is 0.0988. The summed E-state index contributed by atoms with van der Waals surface area (Å²) in [6.45, 7) is -1.35. The Hall–Kier alpha value is -1.80. The van der Waals surface area contributed by atoms with Crippen molar-refractivity contribution in [3.05, 3.63) is 52.5 Å². The highest BCUT2D eigenvalue weighted by Crippen LogP contribution is 2.35. The summed E-state index contributed by atoms with van der Waals surface area (Å²) in [6, 6.07) is 7.72. The van der Waals surface area contributed by atoms with Crippen LogP contribution in [0.1, 0.15) is 30.8 Å². The van der Waals surface area contributed by atoms with Gasteiger partial charge in [0.25, 0.3) is 0 Å². The molecule has 3 rings (SSSR count). The van der Waals surface area contributed by atoms with Gasteiger partial charge in [0.15, 0.2) is 0 Å². The minimum atomic E-state index is -2.63. The molecule has 0 bridgehead atoms. The average molecular weight is 428 g/mol. The molecule has 0 unspecified atom stereocenters. The van der Waals surface area contributed by atoms with Gasteiger partial charge in [-0.25, -0.2) is 4.98 Å². The number of benzene rings is 1. The lowest BCUT2D eigenvalue weighted by Gasteiger charge is -2.36. The summed E-state index contributed by atoms with van der Waals surface area (Å²) in [6.07, 6.45) is 4.00. The highest BCUT2D eigenvalue weighted by Gasteiger charge is 2.41. The van der Waals surface area contributed by atoms with Crippen molar-refractivity contribution in [2.45, 2.75) is 31.2 Å². The Labute approximate surface area is 158 Å². The van der Waals surface area contributed by atoms with Crippen molar-refractivity contribution in [3.63, 3.8) is 0 Å². The van der Waals surface area contributed by atoms with E-state index in [4.69, 9.17) is 4.74 Å². The van der Waals surface area contributed by atoms with Gasteiger partial charge in [-0.1, -0.05) is 28.1 Å². The number of aromatic nitrogens is 2. The number of nitrogens with one attached hydrogen (secondary N) is 1. The third kappa shape index (κ3) is 3.96. The number of alkyl halides is 2. The summed E-state index contributed by atoms with van der Waals surface area (Å²) in [5.74, 6) is 0.156. The predicted octanol–water partition coefficient (Wildman–Crippen LogP) is 3.45. The summed E-state index contributed by atoms with van der Waals surface area (Å²) in [5, 5.41) is 2.91. The van der Waals surface area contributed by atoms with Crippen molar-refractivity contribution in [2.75, 3.05) is 19.8 Å². The molecule has 0 atom stereocenters. The number of nitrogens with zero attached hydrogens (tertiary/aromatic N) is 2. The maximum Gasteiger partial charge on any atom is 0.319 e. The molecule has 0 spiro atoms. The lowest BCUT2D eigenvalue weighted by Crippen LogP contribution is -2.48. The average Bonchev–Trinajstić information content (AvgIpc) is 3.11. The van der Waals surface area contributed by atoms with E-state index >= 15 is 0 Å². The first-order valence-corrected chi connectivity index (χ1v) is 9.24. The summed E-state index contributed by atoms with van der Waals surface area (Å²) in [5.41, 5.74) is 0.285. The summed E-state index contributed by atoms with van der Waals surface area (Å²) in [4.78, 5) is 16.9. The summed E-state index contributed by atoms with van der Waals surface area (Å²) in [7, 11) is 0. The van der Waals surface area contributed by atoms with E-state index < -0.39 is 12.0 Å². The topological polar surface area (TPSA) is 56.2 Å². The lowest BCUT2D eigenvalue weighted by molar-refractivity contribution is -0.130. The third-order valence-corrected chi connectivity index (χ3v) is 5.30. The molecule has 8 heteroatoms. The second kappa shape index (κ2) is 8.26. The van der Waals surface area contributed by atoms with Crippen LogP contribution in [-0.4, -0.2) is 35.2 Å². The predicted molar refractivity (Wildman–Crippen MR) is 96.1 cm³/mol. The fourth-order valence-electron chi connectivity index (χ4n) is 3.31. The number of amides is 1. The zero-order valence-electron chi connectivity index (χ0n) is 14.1. The normalized spacial score (nSPS) is 16.6. The van der Waals surface area contributed by atoms with Crippen LogP contribution in [0.4, 0.5) is 8.78 Å². The number of rotatable bonds is 6. The molecule has 1 amide bonds. The maximum atomic E-state index is 13.0. The molecule has 1 N–H and O–H groups in total. The molecule has 140 valence electrons. The van der Waals surface area contributed by atoms with Crippen molar-refractivity contribution in [3.8, 4) is 0 Å². The van der Waals surface area contributed by atoms with Crippen LogP contribution >= 0.6 is 15.9 Å². The van der Waals surface area contributed by atoms with Crippen molar-refractivity contribution >= 4 is 21.8 Å². The molecule has 0 radical (unpaired) electrons. The smallest absolute Gasteiger partial charge is 0.319 e. The Morgan fingerprint density at radius 2 is 2.00 bits per heavy atom. The number of halogens is 3. The van der Waals surface area contributed by atoms with Crippen LogP contribution in [0.5, 0.6) is 0 Å². The van der Waals surface area contributed by atoms with Crippen LogP contribution in [0.15, 0.2) is 41.1 Å². The second-order valence-corrected chi connectivity index (χ2v) is 7.15. The quantitative estimate of drug-likeness (QED) is 0.767. The Balaban J connectivity index is 1.70. The third-order valence-electron chi connectivity index (χ3n) is 4.77. The van der Waals surface area contributed by atoms with Crippen LogP contribution in [0.2, 0.25) is 0 Å². The van der Waals surface area contributed by atoms with Crippen LogP contribution in [0.25, 0.3) is 0 Å². The Morgan fingerprint density at radius 3 is 2.65 bits per heavy atom. The summed E-state index contributed by atoms with van der Waals surface area (Å²) < 4.78 is 32.9.